The average molecular weight is 579 g/mol. The van der Waals surface area contributed by atoms with Crippen LogP contribution in [0, 0.1) is 0 Å². The highest BCUT2D eigenvalue weighted by Crippen LogP contribution is 2.43. The van der Waals surface area contributed by atoms with Gasteiger partial charge in [-0.3, -0.25) is 13.7 Å². The summed E-state index contributed by atoms with van der Waals surface area (Å²) in [6.07, 6.45) is -1.22. The van der Waals surface area contributed by atoms with Crippen LogP contribution in [0.3, 0.4) is 0 Å². The van der Waals surface area contributed by atoms with E-state index in [0.29, 0.717) is 15.1 Å². The van der Waals surface area contributed by atoms with E-state index in [1.54, 1.807) is 30.3 Å². The summed E-state index contributed by atoms with van der Waals surface area (Å²) in [6, 6.07) is 22.3. The number of sulfonamides is 1. The van der Waals surface area contributed by atoms with E-state index in [1.165, 1.54) is 12.1 Å². The van der Waals surface area contributed by atoms with Gasteiger partial charge in [-0.1, -0.05) is 83.9 Å². The molecule has 0 aliphatic carbocycles. The normalized spacial score (nSPS) is 11.9. The molecule has 0 unspecified atom stereocenters. The van der Waals surface area contributed by atoms with E-state index >= 15 is 0 Å². The number of hydrogen-bond acceptors (Lipinski definition) is 4. The highest BCUT2D eigenvalue weighted by molar-refractivity contribution is 7.93. The lowest BCUT2D eigenvalue weighted by atomic mass is 10.0. The molecule has 3 N–H and O–H groups in total. The minimum atomic E-state index is -4.97. The van der Waals surface area contributed by atoms with Gasteiger partial charge in [0, 0.05) is 22.0 Å². The second-order valence-corrected chi connectivity index (χ2v) is 12.5. The van der Waals surface area contributed by atoms with Crippen molar-refractivity contribution in [2.45, 2.75) is 11.4 Å². The molecule has 192 valence electrons. The maximum absolute atomic E-state index is 13.8. The fourth-order valence-electron chi connectivity index (χ4n) is 3.82. The molecule has 0 saturated carbocycles. The topological polar surface area (TPSA) is 124 Å². The van der Waals surface area contributed by atoms with Gasteiger partial charge in [-0.15, -0.1) is 0 Å². The minimum absolute atomic E-state index is 0.0148. The number of anilines is 1. The summed E-state index contributed by atoms with van der Waals surface area (Å²) in [5.41, 5.74) is 0.550. The van der Waals surface area contributed by atoms with Crippen LogP contribution in [0.15, 0.2) is 89.8 Å². The standard InChI is InChI=1S/C25H21Cl2N2O6PS/c26-19-12-20(27)14-21(13-19)37(34,35)29(16-36(31,32)33)24-22-9-5-4-8-18(22)10-11-23(24)25(30)28-15-17-6-2-1-3-7-17/h1-14H,15-16H2,(H,28,30)(H2,31,32,33). The highest BCUT2D eigenvalue weighted by atomic mass is 35.5. The molecular weight excluding hydrogens is 558 g/mol. The number of halogens is 2. The molecule has 0 aliphatic rings. The first-order valence-electron chi connectivity index (χ1n) is 10.8. The van der Waals surface area contributed by atoms with E-state index in [-0.39, 0.29) is 32.7 Å². The molecule has 0 spiro atoms. The third-order valence-electron chi connectivity index (χ3n) is 5.43. The van der Waals surface area contributed by atoms with E-state index in [0.717, 1.165) is 17.7 Å². The quantitative estimate of drug-likeness (QED) is 0.240. The molecule has 0 aliphatic heterocycles. The van der Waals surface area contributed by atoms with Crippen molar-refractivity contribution >= 4 is 63.2 Å². The molecule has 0 aromatic heterocycles. The van der Waals surface area contributed by atoms with Gasteiger partial charge in [-0.05, 0) is 35.2 Å². The van der Waals surface area contributed by atoms with Crippen molar-refractivity contribution in [3.8, 4) is 0 Å². The number of rotatable bonds is 8. The summed E-state index contributed by atoms with van der Waals surface area (Å²) < 4.78 is 40.4. The minimum Gasteiger partial charge on any atom is -0.348 e. The van der Waals surface area contributed by atoms with Crippen LogP contribution in [0.5, 0.6) is 0 Å². The summed E-state index contributed by atoms with van der Waals surface area (Å²) >= 11 is 12.1. The lowest BCUT2D eigenvalue weighted by molar-refractivity contribution is 0.0951. The van der Waals surface area contributed by atoms with Crippen molar-refractivity contribution in [1.29, 1.82) is 0 Å². The SMILES string of the molecule is O=C(NCc1ccccc1)c1ccc2ccccc2c1N(CP(=O)(O)O)S(=O)(=O)c1cc(Cl)cc(Cl)c1. The second-order valence-electron chi connectivity index (χ2n) is 8.12. The first kappa shape index (κ1) is 27.1. The lowest BCUT2D eigenvalue weighted by Crippen LogP contribution is -2.35. The summed E-state index contributed by atoms with van der Waals surface area (Å²) in [6.45, 7) is 0.154. The molecule has 1 amide bonds. The largest absolute Gasteiger partial charge is 0.348 e. The molecule has 37 heavy (non-hydrogen) atoms. The Morgan fingerprint density at radius 2 is 1.51 bits per heavy atom. The molecule has 0 bridgehead atoms. The number of hydrogen-bond donors (Lipinski definition) is 3. The van der Waals surface area contributed by atoms with E-state index in [4.69, 9.17) is 23.2 Å². The summed E-state index contributed by atoms with van der Waals surface area (Å²) in [5, 5.41) is 3.65. The monoisotopic (exact) mass is 578 g/mol. The summed E-state index contributed by atoms with van der Waals surface area (Å²) in [7, 11) is -9.62. The Morgan fingerprint density at radius 3 is 2.16 bits per heavy atom. The van der Waals surface area contributed by atoms with Gasteiger partial charge in [-0.2, -0.15) is 0 Å². The molecule has 0 atom stereocenters. The first-order valence-corrected chi connectivity index (χ1v) is 14.8. The predicted octanol–water partition coefficient (Wildman–Crippen LogP) is 5.41. The van der Waals surface area contributed by atoms with Crippen LogP contribution in [0.4, 0.5) is 5.69 Å². The smallest absolute Gasteiger partial charge is 0.345 e. The van der Waals surface area contributed by atoms with E-state index in [9.17, 15) is 27.6 Å². The van der Waals surface area contributed by atoms with Gasteiger partial charge in [-0.25, -0.2) is 8.42 Å². The Balaban J connectivity index is 1.92. The van der Waals surface area contributed by atoms with E-state index < -0.39 is 29.8 Å². The number of nitrogens with zero attached hydrogens (tertiary/aromatic N) is 1. The zero-order chi connectivity index (χ0) is 26.8. The molecule has 0 heterocycles. The Morgan fingerprint density at radius 1 is 0.892 bits per heavy atom. The van der Waals surface area contributed by atoms with Crippen molar-refractivity contribution < 1.29 is 27.6 Å². The Kier molecular flexibility index (Phi) is 7.94. The van der Waals surface area contributed by atoms with Crippen molar-refractivity contribution in [3.63, 3.8) is 0 Å². The third kappa shape index (κ3) is 6.33. The van der Waals surface area contributed by atoms with Crippen LogP contribution in [0.1, 0.15) is 15.9 Å². The summed E-state index contributed by atoms with van der Waals surface area (Å²) in [4.78, 5) is 32.7. The van der Waals surface area contributed by atoms with Gasteiger partial charge >= 0.3 is 7.60 Å². The van der Waals surface area contributed by atoms with Gasteiger partial charge in [0.25, 0.3) is 15.9 Å². The number of carbonyl (C=O) groups is 1. The van der Waals surface area contributed by atoms with Gasteiger partial charge in [0.05, 0.1) is 16.1 Å². The lowest BCUT2D eigenvalue weighted by Gasteiger charge is -2.28. The molecule has 0 radical (unpaired) electrons. The number of benzene rings is 4. The maximum Gasteiger partial charge on any atom is 0.345 e. The molecule has 4 rings (SSSR count). The first-order chi connectivity index (χ1) is 17.5. The zero-order valence-electron chi connectivity index (χ0n) is 19.1. The second kappa shape index (κ2) is 10.8. The third-order valence-corrected chi connectivity index (χ3v) is 8.43. The fourth-order valence-corrected chi connectivity index (χ4v) is 7.25. The van der Waals surface area contributed by atoms with Gasteiger partial charge < -0.3 is 15.1 Å². The van der Waals surface area contributed by atoms with Crippen LogP contribution < -0.4 is 9.62 Å². The molecular formula is C25H21Cl2N2O6PS. The molecule has 4 aromatic carbocycles. The van der Waals surface area contributed by atoms with Gasteiger partial charge in [0.1, 0.15) is 6.29 Å². The molecule has 8 nitrogen and oxygen atoms in total. The fraction of sp³-hybridized carbons (Fsp3) is 0.0800. The van der Waals surface area contributed by atoms with Gasteiger partial charge in [0.15, 0.2) is 0 Å². The number of nitrogens with one attached hydrogen (secondary N) is 1. The van der Waals surface area contributed by atoms with E-state index in [2.05, 4.69) is 5.32 Å². The molecule has 0 fully saturated rings. The number of carbonyl (C=O) groups excluding carboxylic acids is 1. The van der Waals surface area contributed by atoms with Crippen molar-refractivity contribution in [1.82, 2.24) is 5.32 Å². The number of fused-ring (bicyclic) bond motifs is 1. The summed E-state index contributed by atoms with van der Waals surface area (Å²) in [5.74, 6) is -0.625. The van der Waals surface area contributed by atoms with Crippen LogP contribution in [0.25, 0.3) is 10.8 Å². The maximum atomic E-state index is 13.8. The predicted molar refractivity (Wildman–Crippen MR) is 145 cm³/mol. The van der Waals surface area contributed by atoms with Crippen LogP contribution in [0.2, 0.25) is 10.0 Å². The number of amides is 1. The Bertz CT molecular complexity index is 1610. The van der Waals surface area contributed by atoms with Crippen LogP contribution >= 0.6 is 30.8 Å². The van der Waals surface area contributed by atoms with Gasteiger partial charge in [0.2, 0.25) is 0 Å². The molecule has 4 aromatic rings. The van der Waals surface area contributed by atoms with Crippen molar-refractivity contribution in [2.75, 3.05) is 10.6 Å². The average Bonchev–Trinajstić information content (AvgIpc) is 2.84. The van der Waals surface area contributed by atoms with Crippen LogP contribution in [-0.4, -0.2) is 30.4 Å². The molecule has 0 saturated heterocycles. The Labute approximate surface area is 223 Å². The van der Waals surface area contributed by atoms with Crippen molar-refractivity contribution in [2.24, 2.45) is 0 Å². The van der Waals surface area contributed by atoms with Crippen molar-refractivity contribution in [3.05, 3.63) is 106 Å². The van der Waals surface area contributed by atoms with E-state index in [1.807, 2.05) is 30.3 Å². The van der Waals surface area contributed by atoms with Crippen LogP contribution in [-0.2, 0) is 21.1 Å². The molecule has 12 heteroatoms. The Hall–Kier alpha value is -2.91. The zero-order valence-corrected chi connectivity index (χ0v) is 22.3. The highest BCUT2D eigenvalue weighted by Gasteiger charge is 2.35.